The van der Waals surface area contributed by atoms with Crippen molar-refractivity contribution in [3.05, 3.63) is 0 Å². The van der Waals surface area contributed by atoms with Crippen LogP contribution in [-0.2, 0) is 14.4 Å². The van der Waals surface area contributed by atoms with E-state index < -0.39 is 36.4 Å². The summed E-state index contributed by atoms with van der Waals surface area (Å²) >= 11 is 0. The summed E-state index contributed by atoms with van der Waals surface area (Å²) in [6.45, 7) is -0.394. The molecule has 0 aromatic heterocycles. The molecule has 1 rings (SSSR count). The number of alkyl halides is 3. The number of hydrogen-bond acceptors (Lipinski definition) is 3. The maximum atomic E-state index is 12.3. The fourth-order valence-corrected chi connectivity index (χ4v) is 1.68. The van der Waals surface area contributed by atoms with Gasteiger partial charge in [-0.3, -0.25) is 14.4 Å². The summed E-state index contributed by atoms with van der Waals surface area (Å²) in [7, 11) is 1.34. The molecule has 9 heteroatoms. The Bertz CT molecular complexity index is 382. The highest BCUT2D eigenvalue weighted by molar-refractivity contribution is 5.93. The van der Waals surface area contributed by atoms with Gasteiger partial charge in [-0.1, -0.05) is 0 Å². The second-order valence-electron chi connectivity index (χ2n) is 3.87. The average Bonchev–Trinajstić information content (AvgIpc) is 2.22. The molecule has 0 bridgehead atoms. The van der Waals surface area contributed by atoms with E-state index >= 15 is 0 Å². The highest BCUT2D eigenvalue weighted by Crippen LogP contribution is 2.23. The van der Waals surface area contributed by atoms with Crippen molar-refractivity contribution in [1.29, 1.82) is 0 Å². The fourth-order valence-electron chi connectivity index (χ4n) is 1.68. The van der Waals surface area contributed by atoms with Crippen molar-refractivity contribution >= 4 is 17.8 Å². The first-order chi connectivity index (χ1) is 8.14. The van der Waals surface area contributed by atoms with Crippen LogP contribution in [0.25, 0.3) is 0 Å². The Morgan fingerprint density at radius 2 is 1.94 bits per heavy atom. The summed E-state index contributed by atoms with van der Waals surface area (Å²) < 4.78 is 36.9. The molecule has 1 fully saturated rings. The summed E-state index contributed by atoms with van der Waals surface area (Å²) in [5.74, 6) is -4.43. The van der Waals surface area contributed by atoms with Gasteiger partial charge in [-0.2, -0.15) is 13.2 Å². The standard InChI is InChI=1S/C9H11F3N2O4/c1-13-2-3-14(8(18)9(10,11)12)5(7(13)17)4-6(15)16/h5H,2-4H2,1H3,(H,15,16). The molecule has 1 saturated heterocycles. The van der Waals surface area contributed by atoms with Crippen LogP contribution >= 0.6 is 0 Å². The van der Waals surface area contributed by atoms with Crippen LogP contribution in [0.5, 0.6) is 0 Å². The Morgan fingerprint density at radius 3 is 2.39 bits per heavy atom. The number of carbonyl (C=O) groups excluding carboxylic acids is 2. The zero-order chi connectivity index (χ0) is 14.1. The molecule has 1 unspecified atom stereocenters. The number of aliphatic carboxylic acids is 1. The predicted octanol–water partition coefficient (Wildman–Crippen LogP) is -0.307. The molecule has 18 heavy (non-hydrogen) atoms. The van der Waals surface area contributed by atoms with Gasteiger partial charge in [0.1, 0.15) is 6.04 Å². The highest BCUT2D eigenvalue weighted by atomic mass is 19.4. The van der Waals surface area contributed by atoms with Gasteiger partial charge in [-0.15, -0.1) is 0 Å². The second-order valence-corrected chi connectivity index (χ2v) is 3.87. The van der Waals surface area contributed by atoms with E-state index in [1.807, 2.05) is 0 Å². The Morgan fingerprint density at radius 1 is 1.39 bits per heavy atom. The fraction of sp³-hybridized carbons (Fsp3) is 0.667. The smallest absolute Gasteiger partial charge is 0.471 e. The Balaban J connectivity index is 2.97. The zero-order valence-electron chi connectivity index (χ0n) is 9.40. The number of piperazine rings is 1. The van der Waals surface area contributed by atoms with Crippen LogP contribution in [0.2, 0.25) is 0 Å². The number of rotatable bonds is 2. The van der Waals surface area contributed by atoms with Crippen LogP contribution in [0.4, 0.5) is 13.2 Å². The van der Waals surface area contributed by atoms with Gasteiger partial charge in [0.15, 0.2) is 0 Å². The average molecular weight is 268 g/mol. The number of nitrogens with zero attached hydrogens (tertiary/aromatic N) is 2. The highest BCUT2D eigenvalue weighted by Gasteiger charge is 2.48. The Kier molecular flexibility index (Phi) is 3.82. The zero-order valence-corrected chi connectivity index (χ0v) is 9.40. The van der Waals surface area contributed by atoms with Gasteiger partial charge in [0.25, 0.3) is 0 Å². The SMILES string of the molecule is CN1CCN(C(=O)C(F)(F)F)C(CC(=O)O)C1=O. The third kappa shape index (κ3) is 2.90. The first kappa shape index (κ1) is 14.3. The third-order valence-electron chi connectivity index (χ3n) is 2.59. The predicted molar refractivity (Wildman–Crippen MR) is 51.4 cm³/mol. The van der Waals surface area contributed by atoms with E-state index in [9.17, 15) is 27.6 Å². The van der Waals surface area contributed by atoms with Crippen molar-refractivity contribution in [1.82, 2.24) is 9.80 Å². The largest absolute Gasteiger partial charge is 0.481 e. The minimum absolute atomic E-state index is 0.0588. The molecular weight excluding hydrogens is 257 g/mol. The maximum absolute atomic E-state index is 12.3. The van der Waals surface area contributed by atoms with Gasteiger partial charge in [0, 0.05) is 20.1 Å². The molecule has 0 aliphatic carbocycles. The van der Waals surface area contributed by atoms with E-state index in [-0.39, 0.29) is 18.0 Å². The van der Waals surface area contributed by atoms with Crippen LogP contribution in [0, 0.1) is 0 Å². The van der Waals surface area contributed by atoms with E-state index in [4.69, 9.17) is 5.11 Å². The molecule has 0 aromatic carbocycles. The van der Waals surface area contributed by atoms with E-state index in [0.717, 1.165) is 4.90 Å². The van der Waals surface area contributed by atoms with Crippen LogP contribution in [0.3, 0.4) is 0 Å². The lowest BCUT2D eigenvalue weighted by Gasteiger charge is -2.38. The minimum Gasteiger partial charge on any atom is -0.481 e. The number of likely N-dealkylation sites (N-methyl/N-ethyl adjacent to an activating group) is 1. The second kappa shape index (κ2) is 4.83. The molecule has 1 aliphatic rings. The van der Waals surface area contributed by atoms with Crippen molar-refractivity contribution in [2.45, 2.75) is 18.6 Å². The molecule has 0 saturated carbocycles. The third-order valence-corrected chi connectivity index (χ3v) is 2.59. The summed E-state index contributed by atoms with van der Waals surface area (Å²) in [5, 5.41) is 8.58. The number of halogens is 3. The lowest BCUT2D eigenvalue weighted by molar-refractivity contribution is -0.191. The van der Waals surface area contributed by atoms with Crippen molar-refractivity contribution in [2.75, 3.05) is 20.1 Å². The summed E-state index contributed by atoms with van der Waals surface area (Å²) in [6.07, 6.45) is -5.96. The number of amides is 2. The normalized spacial score (nSPS) is 21.1. The van der Waals surface area contributed by atoms with Gasteiger partial charge in [-0.05, 0) is 0 Å². The molecular formula is C9H11F3N2O4. The Hall–Kier alpha value is -1.80. The van der Waals surface area contributed by atoms with Gasteiger partial charge < -0.3 is 14.9 Å². The number of hydrogen-bond donors (Lipinski definition) is 1. The van der Waals surface area contributed by atoms with Crippen LogP contribution in [0.15, 0.2) is 0 Å². The van der Waals surface area contributed by atoms with Crippen LogP contribution in [-0.4, -0.2) is 65.0 Å². The molecule has 0 radical (unpaired) electrons. The van der Waals surface area contributed by atoms with Crippen molar-refractivity contribution in [3.63, 3.8) is 0 Å². The van der Waals surface area contributed by atoms with E-state index in [1.54, 1.807) is 0 Å². The lowest BCUT2D eigenvalue weighted by atomic mass is 10.1. The minimum atomic E-state index is -5.12. The molecule has 1 aliphatic heterocycles. The summed E-state index contributed by atoms with van der Waals surface area (Å²) in [5.41, 5.74) is 0. The van der Waals surface area contributed by atoms with Crippen molar-refractivity contribution in [2.24, 2.45) is 0 Å². The topological polar surface area (TPSA) is 77.9 Å². The first-order valence-corrected chi connectivity index (χ1v) is 4.99. The molecule has 1 N–H and O–H groups in total. The molecule has 0 spiro atoms. The number of carboxylic acids is 1. The van der Waals surface area contributed by atoms with Crippen LogP contribution in [0.1, 0.15) is 6.42 Å². The molecule has 2 amide bonds. The van der Waals surface area contributed by atoms with Crippen molar-refractivity contribution in [3.8, 4) is 0 Å². The quantitative estimate of drug-likeness (QED) is 0.745. The Labute approximate surface area is 99.9 Å². The molecule has 0 aromatic rings. The molecule has 1 atom stereocenters. The van der Waals surface area contributed by atoms with E-state index in [1.165, 1.54) is 7.05 Å². The van der Waals surface area contributed by atoms with Crippen molar-refractivity contribution < 1.29 is 32.7 Å². The lowest BCUT2D eigenvalue weighted by Crippen LogP contribution is -2.60. The summed E-state index contributed by atoms with van der Waals surface area (Å²) in [6, 6.07) is -1.60. The van der Waals surface area contributed by atoms with Gasteiger partial charge in [-0.25, -0.2) is 0 Å². The molecule has 6 nitrogen and oxygen atoms in total. The molecule has 1 heterocycles. The number of carbonyl (C=O) groups is 3. The number of carboxylic acid groups (broad SMARTS) is 1. The first-order valence-electron chi connectivity index (χ1n) is 4.99. The monoisotopic (exact) mass is 268 g/mol. The summed E-state index contributed by atoms with van der Waals surface area (Å²) in [4.78, 5) is 34.6. The van der Waals surface area contributed by atoms with Gasteiger partial charge in [0.05, 0.1) is 6.42 Å². The van der Waals surface area contributed by atoms with Gasteiger partial charge in [0.2, 0.25) is 5.91 Å². The van der Waals surface area contributed by atoms with Crippen LogP contribution < -0.4 is 0 Å². The van der Waals surface area contributed by atoms with Gasteiger partial charge >= 0.3 is 18.1 Å². The maximum Gasteiger partial charge on any atom is 0.471 e. The van der Waals surface area contributed by atoms with E-state index in [2.05, 4.69) is 0 Å². The molecule has 102 valence electrons. The van der Waals surface area contributed by atoms with E-state index in [0.29, 0.717) is 0 Å².